The SMILES string of the molecule is CCC(C)C(C)NC(CC(C)C)CN(C)C. The molecule has 0 saturated heterocycles. The Morgan fingerprint density at radius 1 is 1.06 bits per heavy atom. The van der Waals surface area contributed by atoms with E-state index in [0.717, 1.165) is 18.4 Å². The summed E-state index contributed by atoms with van der Waals surface area (Å²) >= 11 is 0. The minimum Gasteiger partial charge on any atom is -0.310 e. The van der Waals surface area contributed by atoms with Gasteiger partial charge < -0.3 is 10.2 Å². The molecule has 0 aliphatic rings. The summed E-state index contributed by atoms with van der Waals surface area (Å²) in [5.41, 5.74) is 0. The maximum atomic E-state index is 3.79. The highest BCUT2D eigenvalue weighted by molar-refractivity contribution is 4.77. The molecule has 0 aliphatic heterocycles. The second-order valence-electron chi connectivity index (χ2n) is 5.93. The minimum absolute atomic E-state index is 0.619. The van der Waals surface area contributed by atoms with Crippen LogP contribution < -0.4 is 5.32 Å². The van der Waals surface area contributed by atoms with Gasteiger partial charge in [0.15, 0.2) is 0 Å². The fraction of sp³-hybridized carbons (Fsp3) is 1.00. The van der Waals surface area contributed by atoms with Crippen LogP contribution in [0, 0.1) is 11.8 Å². The number of likely N-dealkylation sites (N-methyl/N-ethyl adjacent to an activating group) is 1. The fourth-order valence-corrected chi connectivity index (χ4v) is 2.09. The lowest BCUT2D eigenvalue weighted by molar-refractivity contribution is 0.263. The number of rotatable bonds is 8. The lowest BCUT2D eigenvalue weighted by atomic mass is 9.97. The van der Waals surface area contributed by atoms with Gasteiger partial charge in [0.1, 0.15) is 0 Å². The molecule has 0 radical (unpaired) electrons. The third-order valence-electron chi connectivity index (χ3n) is 3.34. The zero-order chi connectivity index (χ0) is 12.7. The van der Waals surface area contributed by atoms with Gasteiger partial charge in [-0.3, -0.25) is 0 Å². The van der Waals surface area contributed by atoms with Gasteiger partial charge in [0, 0.05) is 18.6 Å². The maximum Gasteiger partial charge on any atom is 0.0199 e. The highest BCUT2D eigenvalue weighted by Crippen LogP contribution is 2.11. The molecule has 0 aromatic carbocycles. The van der Waals surface area contributed by atoms with Crippen LogP contribution in [0.2, 0.25) is 0 Å². The topological polar surface area (TPSA) is 15.3 Å². The van der Waals surface area contributed by atoms with Crippen molar-refractivity contribution in [2.24, 2.45) is 11.8 Å². The molecule has 2 heteroatoms. The lowest BCUT2D eigenvalue weighted by Gasteiger charge is -2.30. The van der Waals surface area contributed by atoms with Crippen molar-refractivity contribution < 1.29 is 0 Å². The molecule has 2 nitrogen and oxygen atoms in total. The van der Waals surface area contributed by atoms with Gasteiger partial charge in [0.2, 0.25) is 0 Å². The first-order valence-corrected chi connectivity index (χ1v) is 6.77. The Morgan fingerprint density at radius 2 is 1.62 bits per heavy atom. The summed E-state index contributed by atoms with van der Waals surface area (Å²) in [6, 6.07) is 1.24. The van der Waals surface area contributed by atoms with Gasteiger partial charge >= 0.3 is 0 Å². The molecule has 0 fully saturated rings. The van der Waals surface area contributed by atoms with Crippen LogP contribution in [0.5, 0.6) is 0 Å². The van der Waals surface area contributed by atoms with Gasteiger partial charge in [0.05, 0.1) is 0 Å². The van der Waals surface area contributed by atoms with Crippen molar-refractivity contribution in [3.63, 3.8) is 0 Å². The van der Waals surface area contributed by atoms with E-state index in [1.165, 1.54) is 12.8 Å². The van der Waals surface area contributed by atoms with Crippen molar-refractivity contribution in [3.05, 3.63) is 0 Å². The molecule has 3 unspecified atom stereocenters. The average Bonchev–Trinajstić information content (AvgIpc) is 2.14. The molecule has 0 spiro atoms. The summed E-state index contributed by atoms with van der Waals surface area (Å²) in [5, 5.41) is 3.79. The third kappa shape index (κ3) is 7.24. The molecule has 0 aromatic heterocycles. The van der Waals surface area contributed by atoms with E-state index in [0.29, 0.717) is 12.1 Å². The Morgan fingerprint density at radius 3 is 2.00 bits per heavy atom. The van der Waals surface area contributed by atoms with E-state index in [-0.39, 0.29) is 0 Å². The molecular formula is C14H32N2. The first-order chi connectivity index (χ1) is 7.36. The number of nitrogens with one attached hydrogen (secondary N) is 1. The van der Waals surface area contributed by atoms with Crippen LogP contribution in [0.15, 0.2) is 0 Å². The van der Waals surface area contributed by atoms with Gasteiger partial charge in [-0.25, -0.2) is 0 Å². The quantitative estimate of drug-likeness (QED) is 0.687. The molecule has 0 bridgehead atoms. The van der Waals surface area contributed by atoms with Crippen molar-refractivity contribution >= 4 is 0 Å². The number of hydrogen-bond donors (Lipinski definition) is 1. The van der Waals surface area contributed by atoms with E-state index in [2.05, 4.69) is 58.9 Å². The van der Waals surface area contributed by atoms with E-state index in [1.807, 2.05) is 0 Å². The molecule has 0 aliphatic carbocycles. The van der Waals surface area contributed by atoms with Crippen LogP contribution in [0.3, 0.4) is 0 Å². The number of nitrogens with zero attached hydrogens (tertiary/aromatic N) is 1. The van der Waals surface area contributed by atoms with E-state index in [4.69, 9.17) is 0 Å². The standard InChI is InChI=1S/C14H32N2/c1-8-12(4)13(5)15-14(9-11(2)3)10-16(6)7/h11-15H,8-10H2,1-7H3. The molecule has 1 N–H and O–H groups in total. The normalized spacial score (nSPS) is 17.8. The zero-order valence-corrected chi connectivity index (χ0v) is 12.4. The summed E-state index contributed by atoms with van der Waals surface area (Å²) in [7, 11) is 4.31. The smallest absolute Gasteiger partial charge is 0.0199 e. The molecule has 98 valence electrons. The van der Waals surface area contributed by atoms with Crippen LogP contribution in [0.4, 0.5) is 0 Å². The van der Waals surface area contributed by atoms with Crippen LogP contribution in [0.25, 0.3) is 0 Å². The highest BCUT2D eigenvalue weighted by Gasteiger charge is 2.17. The maximum absolute atomic E-state index is 3.79. The first-order valence-electron chi connectivity index (χ1n) is 6.77. The van der Waals surface area contributed by atoms with Gasteiger partial charge in [-0.05, 0) is 39.3 Å². The molecule has 16 heavy (non-hydrogen) atoms. The second-order valence-corrected chi connectivity index (χ2v) is 5.93. The van der Waals surface area contributed by atoms with Crippen molar-refractivity contribution in [2.45, 2.75) is 59.5 Å². The van der Waals surface area contributed by atoms with Crippen LogP contribution in [-0.4, -0.2) is 37.6 Å². The fourth-order valence-electron chi connectivity index (χ4n) is 2.09. The lowest BCUT2D eigenvalue weighted by Crippen LogP contribution is -2.45. The van der Waals surface area contributed by atoms with Gasteiger partial charge in [-0.15, -0.1) is 0 Å². The first kappa shape index (κ1) is 15.9. The number of hydrogen-bond acceptors (Lipinski definition) is 2. The van der Waals surface area contributed by atoms with E-state index in [9.17, 15) is 0 Å². The van der Waals surface area contributed by atoms with Crippen molar-refractivity contribution in [2.75, 3.05) is 20.6 Å². The van der Waals surface area contributed by atoms with Crippen molar-refractivity contribution in [3.8, 4) is 0 Å². The molecule has 3 atom stereocenters. The summed E-state index contributed by atoms with van der Waals surface area (Å²) in [4.78, 5) is 2.28. The summed E-state index contributed by atoms with van der Waals surface area (Å²) in [5.74, 6) is 1.53. The Balaban J connectivity index is 4.18. The highest BCUT2D eigenvalue weighted by atomic mass is 15.1. The Hall–Kier alpha value is -0.0800. The molecule has 0 rings (SSSR count). The Kier molecular flexibility index (Phi) is 8.04. The van der Waals surface area contributed by atoms with Crippen LogP contribution in [0.1, 0.15) is 47.5 Å². The van der Waals surface area contributed by atoms with Crippen LogP contribution in [-0.2, 0) is 0 Å². The predicted molar refractivity (Wildman–Crippen MR) is 73.8 cm³/mol. The van der Waals surface area contributed by atoms with Gasteiger partial charge in [0.25, 0.3) is 0 Å². The van der Waals surface area contributed by atoms with Crippen molar-refractivity contribution in [1.82, 2.24) is 10.2 Å². The van der Waals surface area contributed by atoms with Crippen molar-refractivity contribution in [1.29, 1.82) is 0 Å². The second kappa shape index (κ2) is 8.08. The molecule has 0 heterocycles. The van der Waals surface area contributed by atoms with E-state index in [1.54, 1.807) is 0 Å². The predicted octanol–water partition coefficient (Wildman–Crippen LogP) is 2.99. The zero-order valence-electron chi connectivity index (χ0n) is 12.4. The Labute approximate surface area is 103 Å². The molecule has 0 aromatic rings. The summed E-state index contributed by atoms with van der Waals surface area (Å²) in [6.07, 6.45) is 2.52. The van der Waals surface area contributed by atoms with Gasteiger partial charge in [-0.1, -0.05) is 34.1 Å². The third-order valence-corrected chi connectivity index (χ3v) is 3.34. The molecular weight excluding hydrogens is 196 g/mol. The molecule has 0 amide bonds. The minimum atomic E-state index is 0.619. The Bertz CT molecular complexity index is 156. The van der Waals surface area contributed by atoms with E-state index >= 15 is 0 Å². The van der Waals surface area contributed by atoms with E-state index < -0.39 is 0 Å². The average molecular weight is 228 g/mol. The molecule has 0 saturated carbocycles. The summed E-state index contributed by atoms with van der Waals surface area (Å²) < 4.78 is 0. The monoisotopic (exact) mass is 228 g/mol. The largest absolute Gasteiger partial charge is 0.310 e. The summed E-state index contributed by atoms with van der Waals surface area (Å²) in [6.45, 7) is 12.7. The van der Waals surface area contributed by atoms with Gasteiger partial charge in [-0.2, -0.15) is 0 Å². The van der Waals surface area contributed by atoms with Crippen LogP contribution >= 0.6 is 0 Å².